The summed E-state index contributed by atoms with van der Waals surface area (Å²) in [6, 6.07) is 0.153. The lowest BCUT2D eigenvalue weighted by molar-refractivity contribution is 0.138. The molecule has 0 aromatic heterocycles. The Kier molecular flexibility index (Phi) is 4.59. The zero-order chi connectivity index (χ0) is 12.2. The first-order valence-electron chi connectivity index (χ1n) is 6.14. The molecule has 1 heterocycles. The van der Waals surface area contributed by atoms with E-state index in [1.807, 2.05) is 13.8 Å². The normalized spacial score (nSPS) is 20.8. The van der Waals surface area contributed by atoms with Crippen LogP contribution in [0.15, 0.2) is 0 Å². The molecule has 1 aliphatic heterocycles. The first-order valence-corrected chi connectivity index (χ1v) is 6.14. The van der Waals surface area contributed by atoms with Crippen molar-refractivity contribution in [3.63, 3.8) is 0 Å². The summed E-state index contributed by atoms with van der Waals surface area (Å²) < 4.78 is 0. The predicted octanol–water partition coefficient (Wildman–Crippen LogP) is 1.43. The van der Waals surface area contributed by atoms with E-state index in [0.29, 0.717) is 0 Å². The second-order valence-electron chi connectivity index (χ2n) is 5.60. The highest BCUT2D eigenvalue weighted by atomic mass is 16.2. The van der Waals surface area contributed by atoms with E-state index < -0.39 is 0 Å². The van der Waals surface area contributed by atoms with Gasteiger partial charge >= 0.3 is 6.03 Å². The molecule has 2 amide bonds. The molecule has 4 nitrogen and oxygen atoms in total. The van der Waals surface area contributed by atoms with E-state index in [-0.39, 0.29) is 17.5 Å². The van der Waals surface area contributed by atoms with Crippen molar-refractivity contribution in [2.75, 3.05) is 26.7 Å². The third-order valence-electron chi connectivity index (χ3n) is 3.29. The van der Waals surface area contributed by atoms with Gasteiger partial charge in [0.1, 0.15) is 0 Å². The van der Waals surface area contributed by atoms with Gasteiger partial charge < -0.3 is 15.5 Å². The molecule has 16 heavy (non-hydrogen) atoms. The van der Waals surface area contributed by atoms with Crippen LogP contribution in [0.3, 0.4) is 0 Å². The standard InChI is InChI=1S/C12H25N3O/c1-10(2)14-11(16)13-9-12(3)5-7-15(4)8-6-12/h10H,5-9H2,1-4H3,(H2,13,14,16). The number of likely N-dealkylation sites (tertiary alicyclic amines) is 1. The molecule has 0 unspecified atom stereocenters. The molecule has 0 radical (unpaired) electrons. The van der Waals surface area contributed by atoms with Crippen molar-refractivity contribution in [1.82, 2.24) is 15.5 Å². The van der Waals surface area contributed by atoms with Gasteiger partial charge in [0, 0.05) is 12.6 Å². The zero-order valence-electron chi connectivity index (χ0n) is 11.0. The summed E-state index contributed by atoms with van der Waals surface area (Å²) in [5.41, 5.74) is 0.265. The maximum Gasteiger partial charge on any atom is 0.315 e. The lowest BCUT2D eigenvalue weighted by Crippen LogP contribution is -2.47. The number of hydrogen-bond donors (Lipinski definition) is 2. The number of hydrogen-bond acceptors (Lipinski definition) is 2. The van der Waals surface area contributed by atoms with E-state index in [1.54, 1.807) is 0 Å². The molecule has 2 N–H and O–H groups in total. The van der Waals surface area contributed by atoms with Gasteiger partial charge in [-0.2, -0.15) is 0 Å². The van der Waals surface area contributed by atoms with Crippen LogP contribution >= 0.6 is 0 Å². The Hall–Kier alpha value is -0.770. The van der Waals surface area contributed by atoms with Gasteiger partial charge in [-0.1, -0.05) is 6.92 Å². The van der Waals surface area contributed by atoms with Crippen molar-refractivity contribution < 1.29 is 4.79 Å². The molecule has 0 atom stereocenters. The second-order valence-corrected chi connectivity index (χ2v) is 5.60. The number of rotatable bonds is 3. The van der Waals surface area contributed by atoms with Crippen LogP contribution in [-0.2, 0) is 0 Å². The molecule has 1 saturated heterocycles. The minimum Gasteiger partial charge on any atom is -0.338 e. The van der Waals surface area contributed by atoms with E-state index in [2.05, 4.69) is 29.5 Å². The molecule has 0 bridgehead atoms. The number of urea groups is 1. The molecule has 94 valence electrons. The maximum absolute atomic E-state index is 11.5. The van der Waals surface area contributed by atoms with Crippen LogP contribution in [0, 0.1) is 5.41 Å². The topological polar surface area (TPSA) is 44.4 Å². The molecule has 0 aromatic rings. The summed E-state index contributed by atoms with van der Waals surface area (Å²) in [4.78, 5) is 13.8. The van der Waals surface area contributed by atoms with Crippen LogP contribution in [0.5, 0.6) is 0 Å². The van der Waals surface area contributed by atoms with Crippen LogP contribution in [-0.4, -0.2) is 43.7 Å². The molecule has 1 fully saturated rings. The van der Waals surface area contributed by atoms with Gasteiger partial charge in [-0.05, 0) is 52.2 Å². The summed E-state index contributed by atoms with van der Waals surface area (Å²) in [7, 11) is 2.15. The maximum atomic E-state index is 11.5. The fourth-order valence-electron chi connectivity index (χ4n) is 1.94. The number of amides is 2. The van der Waals surface area contributed by atoms with Crippen LogP contribution in [0.25, 0.3) is 0 Å². The Morgan fingerprint density at radius 2 is 1.94 bits per heavy atom. The SMILES string of the molecule is CC(C)NC(=O)NCC1(C)CCN(C)CC1. The molecule has 4 heteroatoms. The predicted molar refractivity (Wildman–Crippen MR) is 66.5 cm³/mol. The van der Waals surface area contributed by atoms with Gasteiger partial charge in [-0.15, -0.1) is 0 Å². The van der Waals surface area contributed by atoms with Gasteiger partial charge in [-0.25, -0.2) is 4.79 Å². The van der Waals surface area contributed by atoms with E-state index in [9.17, 15) is 4.79 Å². The first-order chi connectivity index (χ1) is 7.41. The quantitative estimate of drug-likeness (QED) is 0.766. The molecule has 0 aliphatic carbocycles. The largest absolute Gasteiger partial charge is 0.338 e. The van der Waals surface area contributed by atoms with Crippen molar-refractivity contribution in [3.8, 4) is 0 Å². The molecular weight excluding hydrogens is 202 g/mol. The van der Waals surface area contributed by atoms with Gasteiger partial charge in [0.15, 0.2) is 0 Å². The number of carbonyl (C=O) groups is 1. The van der Waals surface area contributed by atoms with Crippen molar-refractivity contribution >= 4 is 6.03 Å². The number of carbonyl (C=O) groups excluding carboxylic acids is 1. The molecule has 0 saturated carbocycles. The summed E-state index contributed by atoms with van der Waals surface area (Å²) in [5, 5.41) is 5.82. The van der Waals surface area contributed by atoms with E-state index >= 15 is 0 Å². The second kappa shape index (κ2) is 5.53. The average molecular weight is 227 g/mol. The Morgan fingerprint density at radius 1 is 1.38 bits per heavy atom. The molecule has 0 spiro atoms. The summed E-state index contributed by atoms with van der Waals surface area (Å²) >= 11 is 0. The number of piperidine rings is 1. The Morgan fingerprint density at radius 3 is 2.44 bits per heavy atom. The van der Waals surface area contributed by atoms with Crippen molar-refractivity contribution in [1.29, 1.82) is 0 Å². The van der Waals surface area contributed by atoms with Gasteiger partial charge in [0.05, 0.1) is 0 Å². The molecule has 1 aliphatic rings. The lowest BCUT2D eigenvalue weighted by atomic mass is 9.80. The average Bonchev–Trinajstić information content (AvgIpc) is 2.20. The fraction of sp³-hybridized carbons (Fsp3) is 0.917. The Bertz CT molecular complexity index is 232. The van der Waals surface area contributed by atoms with Crippen LogP contribution < -0.4 is 10.6 Å². The summed E-state index contributed by atoms with van der Waals surface area (Å²) in [5.74, 6) is 0. The van der Waals surface area contributed by atoms with Crippen LogP contribution in [0.4, 0.5) is 4.79 Å². The number of nitrogens with one attached hydrogen (secondary N) is 2. The van der Waals surface area contributed by atoms with Gasteiger partial charge in [0.2, 0.25) is 0 Å². The minimum absolute atomic E-state index is 0.0462. The highest BCUT2D eigenvalue weighted by Crippen LogP contribution is 2.29. The molecule has 0 aromatic carbocycles. The van der Waals surface area contributed by atoms with Crippen LogP contribution in [0.1, 0.15) is 33.6 Å². The zero-order valence-corrected chi connectivity index (χ0v) is 11.0. The van der Waals surface area contributed by atoms with Gasteiger partial charge in [-0.3, -0.25) is 0 Å². The molecule has 1 rings (SSSR count). The van der Waals surface area contributed by atoms with Gasteiger partial charge in [0.25, 0.3) is 0 Å². The lowest BCUT2D eigenvalue weighted by Gasteiger charge is -2.38. The Labute approximate surface area is 98.8 Å². The third kappa shape index (κ3) is 4.39. The van der Waals surface area contributed by atoms with E-state index in [1.165, 1.54) is 0 Å². The highest BCUT2D eigenvalue weighted by molar-refractivity contribution is 5.74. The van der Waals surface area contributed by atoms with Crippen molar-refractivity contribution in [2.24, 2.45) is 5.41 Å². The fourth-order valence-corrected chi connectivity index (χ4v) is 1.94. The summed E-state index contributed by atoms with van der Waals surface area (Å²) in [6.45, 7) is 9.23. The first kappa shape index (κ1) is 13.3. The highest BCUT2D eigenvalue weighted by Gasteiger charge is 2.29. The smallest absolute Gasteiger partial charge is 0.315 e. The van der Waals surface area contributed by atoms with Crippen molar-refractivity contribution in [2.45, 2.75) is 39.7 Å². The minimum atomic E-state index is -0.0462. The van der Waals surface area contributed by atoms with E-state index in [4.69, 9.17) is 0 Å². The Balaban J connectivity index is 2.28. The van der Waals surface area contributed by atoms with E-state index in [0.717, 1.165) is 32.5 Å². The third-order valence-corrected chi connectivity index (χ3v) is 3.29. The number of nitrogens with zero attached hydrogens (tertiary/aromatic N) is 1. The molecular formula is C12H25N3O. The van der Waals surface area contributed by atoms with Crippen molar-refractivity contribution in [3.05, 3.63) is 0 Å². The van der Waals surface area contributed by atoms with Crippen LogP contribution in [0.2, 0.25) is 0 Å². The summed E-state index contributed by atoms with van der Waals surface area (Å²) in [6.07, 6.45) is 2.32. The monoisotopic (exact) mass is 227 g/mol.